The number of ether oxygens (including phenoxy) is 1. The Kier molecular flexibility index (Phi) is 6.30. The van der Waals surface area contributed by atoms with E-state index in [9.17, 15) is 5.11 Å². The number of aromatic nitrogens is 4. The largest absolute Gasteiger partial charge is 0.395 e. The molecule has 28 heavy (non-hydrogen) atoms. The molecule has 0 aromatic carbocycles. The number of aliphatic hydroxyl groups is 1. The van der Waals surface area contributed by atoms with Crippen LogP contribution in [0, 0.1) is 11.3 Å². The van der Waals surface area contributed by atoms with Gasteiger partial charge in [-0.2, -0.15) is 10.4 Å². The predicted octanol–water partition coefficient (Wildman–Crippen LogP) is 0.552. The van der Waals surface area contributed by atoms with Crippen molar-refractivity contribution in [3.05, 3.63) is 29.8 Å². The van der Waals surface area contributed by atoms with Crippen molar-refractivity contribution in [3.8, 4) is 6.07 Å². The van der Waals surface area contributed by atoms with Crippen LogP contribution in [0.2, 0.25) is 0 Å². The molecule has 148 valence electrons. The van der Waals surface area contributed by atoms with Gasteiger partial charge in [0.15, 0.2) is 11.5 Å². The van der Waals surface area contributed by atoms with Gasteiger partial charge < -0.3 is 25.8 Å². The molecule has 0 spiro atoms. The van der Waals surface area contributed by atoms with Crippen molar-refractivity contribution < 1.29 is 9.84 Å². The highest BCUT2D eigenvalue weighted by Gasteiger charge is 2.26. The van der Waals surface area contributed by atoms with Gasteiger partial charge in [-0.05, 0) is 0 Å². The topological polar surface area (TPSA) is 141 Å². The van der Waals surface area contributed by atoms with E-state index in [4.69, 9.17) is 10.00 Å². The van der Waals surface area contributed by atoms with Crippen LogP contribution in [0.25, 0.3) is 0 Å². The molecule has 1 atom stereocenters. The maximum absolute atomic E-state index is 9.75. The summed E-state index contributed by atoms with van der Waals surface area (Å²) in [5.74, 6) is 0.926. The van der Waals surface area contributed by atoms with Crippen LogP contribution in [0.15, 0.2) is 18.5 Å². The third-order valence-electron chi connectivity index (χ3n) is 4.38. The van der Waals surface area contributed by atoms with E-state index in [1.807, 2.05) is 26.0 Å². The molecule has 3 heterocycles. The van der Waals surface area contributed by atoms with Gasteiger partial charge in [-0.3, -0.25) is 0 Å². The zero-order valence-corrected chi connectivity index (χ0v) is 15.9. The second-order valence-corrected chi connectivity index (χ2v) is 7.14. The Morgan fingerprint density at radius 3 is 2.82 bits per heavy atom. The highest BCUT2D eigenvalue weighted by atomic mass is 16.5. The number of hydrogen-bond acceptors (Lipinski definition) is 10. The first-order chi connectivity index (χ1) is 13.5. The van der Waals surface area contributed by atoms with Gasteiger partial charge in [-0.25, -0.2) is 9.97 Å². The first-order valence-corrected chi connectivity index (χ1v) is 9.06. The summed E-state index contributed by atoms with van der Waals surface area (Å²) in [6.07, 6.45) is 2.89. The predicted molar refractivity (Wildman–Crippen MR) is 103 cm³/mol. The Morgan fingerprint density at radius 2 is 2.18 bits per heavy atom. The van der Waals surface area contributed by atoms with Gasteiger partial charge in [0.25, 0.3) is 0 Å². The van der Waals surface area contributed by atoms with Crippen LogP contribution in [0.1, 0.15) is 25.2 Å². The molecule has 3 rings (SSSR count). The molecular formula is C18H24N8O2. The molecule has 1 aliphatic rings. The Balaban J connectivity index is 1.80. The van der Waals surface area contributed by atoms with Crippen LogP contribution >= 0.6 is 0 Å². The van der Waals surface area contributed by atoms with Gasteiger partial charge in [0.2, 0.25) is 0 Å². The van der Waals surface area contributed by atoms with Crippen molar-refractivity contribution in [3.63, 3.8) is 0 Å². The molecular weight excluding hydrogens is 360 g/mol. The second-order valence-electron chi connectivity index (χ2n) is 7.14. The monoisotopic (exact) mass is 384 g/mol. The molecule has 0 bridgehead atoms. The molecule has 1 fully saturated rings. The molecule has 2 aromatic heterocycles. The molecule has 10 nitrogen and oxygen atoms in total. The molecule has 10 heteroatoms. The van der Waals surface area contributed by atoms with E-state index in [2.05, 4.69) is 36.1 Å². The fraction of sp³-hybridized carbons (Fsp3) is 0.500. The normalized spacial score (nSPS) is 17.0. The molecule has 0 saturated carbocycles. The minimum atomic E-state index is -0.562. The number of nitrogens with one attached hydrogen (secondary N) is 3. The van der Waals surface area contributed by atoms with Gasteiger partial charge >= 0.3 is 0 Å². The van der Waals surface area contributed by atoms with Crippen molar-refractivity contribution in [1.29, 1.82) is 5.26 Å². The van der Waals surface area contributed by atoms with Crippen molar-refractivity contribution in [2.45, 2.75) is 25.4 Å². The summed E-state index contributed by atoms with van der Waals surface area (Å²) < 4.78 is 5.73. The third kappa shape index (κ3) is 4.89. The fourth-order valence-electron chi connectivity index (χ4n) is 2.72. The SMILES string of the molecule is CC(C)(CO)c1nnc(Nc2cnc(C#N)cn2)cc1NCC1CNCCO1. The van der Waals surface area contributed by atoms with E-state index in [-0.39, 0.29) is 18.4 Å². The summed E-state index contributed by atoms with van der Waals surface area (Å²) in [5, 5.41) is 36.8. The molecule has 0 amide bonds. The molecule has 4 N–H and O–H groups in total. The van der Waals surface area contributed by atoms with Crippen molar-refractivity contribution in [1.82, 2.24) is 25.5 Å². The molecule has 0 aliphatic carbocycles. The van der Waals surface area contributed by atoms with E-state index in [1.54, 1.807) is 0 Å². The number of morpholine rings is 1. The molecule has 1 saturated heterocycles. The van der Waals surface area contributed by atoms with Crippen molar-refractivity contribution in [2.24, 2.45) is 0 Å². The van der Waals surface area contributed by atoms with Crippen LogP contribution in [-0.4, -0.2) is 64.2 Å². The molecule has 1 unspecified atom stereocenters. The average Bonchev–Trinajstić information content (AvgIpc) is 2.73. The lowest BCUT2D eigenvalue weighted by Gasteiger charge is -2.27. The second kappa shape index (κ2) is 8.88. The van der Waals surface area contributed by atoms with E-state index < -0.39 is 5.41 Å². The Hall–Kier alpha value is -2.87. The third-order valence-corrected chi connectivity index (χ3v) is 4.38. The van der Waals surface area contributed by atoms with E-state index in [1.165, 1.54) is 12.4 Å². The average molecular weight is 384 g/mol. The van der Waals surface area contributed by atoms with E-state index >= 15 is 0 Å². The highest BCUT2D eigenvalue weighted by molar-refractivity contribution is 5.60. The summed E-state index contributed by atoms with van der Waals surface area (Å²) in [6.45, 7) is 6.65. The number of rotatable bonds is 7. The van der Waals surface area contributed by atoms with Crippen molar-refractivity contribution in [2.75, 3.05) is 43.5 Å². The number of hydrogen-bond donors (Lipinski definition) is 4. The summed E-state index contributed by atoms with van der Waals surface area (Å²) in [5.41, 5.74) is 1.09. The number of nitrogens with zero attached hydrogens (tertiary/aromatic N) is 5. The molecule has 1 aliphatic heterocycles. The lowest BCUT2D eigenvalue weighted by molar-refractivity contribution is 0.0372. The van der Waals surface area contributed by atoms with E-state index in [0.717, 1.165) is 18.8 Å². The molecule has 2 aromatic rings. The standard InChI is InChI=1S/C18H24N8O2/c1-18(2,11-27)17-14(22-9-13-8-20-3-4-28-13)5-15(25-26-17)24-16-10-21-12(6-19)7-23-16/h5,7,10,13,20,27H,3-4,8-9,11H2,1-2H3,(H2,22,23,24,25). The smallest absolute Gasteiger partial charge is 0.158 e. The van der Waals surface area contributed by atoms with Gasteiger partial charge in [0, 0.05) is 31.1 Å². The Labute approximate surface area is 163 Å². The van der Waals surface area contributed by atoms with Crippen molar-refractivity contribution >= 4 is 17.3 Å². The van der Waals surface area contributed by atoms with Gasteiger partial charge in [-0.15, -0.1) is 5.10 Å². The Bertz CT molecular complexity index is 828. The lowest BCUT2D eigenvalue weighted by Crippen LogP contribution is -2.42. The van der Waals surface area contributed by atoms with Gasteiger partial charge in [-0.1, -0.05) is 13.8 Å². The van der Waals surface area contributed by atoms with Gasteiger partial charge in [0.1, 0.15) is 11.9 Å². The van der Waals surface area contributed by atoms with Crippen LogP contribution in [-0.2, 0) is 10.2 Å². The van der Waals surface area contributed by atoms with Crippen LogP contribution in [0.4, 0.5) is 17.3 Å². The Morgan fingerprint density at radius 1 is 1.32 bits per heavy atom. The quantitative estimate of drug-likeness (QED) is 0.535. The number of nitriles is 1. The van der Waals surface area contributed by atoms with Crippen LogP contribution in [0.5, 0.6) is 0 Å². The fourth-order valence-corrected chi connectivity index (χ4v) is 2.72. The minimum absolute atomic E-state index is 0.0489. The van der Waals surface area contributed by atoms with E-state index in [0.29, 0.717) is 30.5 Å². The maximum Gasteiger partial charge on any atom is 0.158 e. The van der Waals surface area contributed by atoms with Crippen LogP contribution < -0.4 is 16.0 Å². The number of anilines is 3. The zero-order chi connectivity index (χ0) is 20.0. The summed E-state index contributed by atoms with van der Waals surface area (Å²) in [7, 11) is 0. The summed E-state index contributed by atoms with van der Waals surface area (Å²) in [6, 6.07) is 3.74. The first kappa shape index (κ1) is 19.9. The summed E-state index contributed by atoms with van der Waals surface area (Å²) >= 11 is 0. The summed E-state index contributed by atoms with van der Waals surface area (Å²) in [4.78, 5) is 8.11. The van der Waals surface area contributed by atoms with Crippen LogP contribution in [0.3, 0.4) is 0 Å². The lowest BCUT2D eigenvalue weighted by atomic mass is 9.89. The maximum atomic E-state index is 9.75. The zero-order valence-electron chi connectivity index (χ0n) is 15.9. The number of aliphatic hydroxyl groups excluding tert-OH is 1. The molecule has 0 radical (unpaired) electrons. The first-order valence-electron chi connectivity index (χ1n) is 9.06. The minimum Gasteiger partial charge on any atom is -0.395 e. The highest BCUT2D eigenvalue weighted by Crippen LogP contribution is 2.29. The van der Waals surface area contributed by atoms with Gasteiger partial charge in [0.05, 0.1) is 43.1 Å².